The molecule has 0 radical (unpaired) electrons. The first-order chi connectivity index (χ1) is 7.05. The summed E-state index contributed by atoms with van der Waals surface area (Å²) >= 11 is 3.29. The van der Waals surface area contributed by atoms with E-state index in [0.29, 0.717) is 13.0 Å². The molecule has 0 aliphatic heterocycles. The molecule has 0 saturated heterocycles. The molecule has 0 fully saturated rings. The van der Waals surface area contributed by atoms with Gasteiger partial charge in [0.25, 0.3) is 0 Å². The number of hydrogen-bond acceptors (Lipinski definition) is 3. The van der Waals surface area contributed by atoms with Gasteiger partial charge in [-0.2, -0.15) is 0 Å². The van der Waals surface area contributed by atoms with Gasteiger partial charge in [-0.1, -0.05) is 29.3 Å². The maximum atomic E-state index is 11.6. The summed E-state index contributed by atoms with van der Waals surface area (Å²) in [5.41, 5.74) is 0. The molecule has 92 valence electrons. The van der Waals surface area contributed by atoms with Gasteiger partial charge in [-0.05, 0) is 12.8 Å². The van der Waals surface area contributed by atoms with Crippen LogP contribution in [0.2, 0.25) is 0 Å². The van der Waals surface area contributed by atoms with Crippen LogP contribution in [-0.2, 0) is 14.8 Å². The van der Waals surface area contributed by atoms with Gasteiger partial charge in [-0.3, -0.25) is 0 Å². The number of sulfonamides is 1. The highest BCUT2D eigenvalue weighted by Gasteiger charge is 2.16. The molecule has 4 nitrogen and oxygen atoms in total. The first-order valence-electron chi connectivity index (χ1n) is 5.10. The van der Waals surface area contributed by atoms with Crippen molar-refractivity contribution in [3.63, 3.8) is 0 Å². The van der Waals surface area contributed by atoms with E-state index >= 15 is 0 Å². The molecular weight excluding hydrogens is 282 g/mol. The van der Waals surface area contributed by atoms with E-state index in [2.05, 4.69) is 20.7 Å². The van der Waals surface area contributed by atoms with Crippen molar-refractivity contribution in [2.45, 2.75) is 32.2 Å². The van der Waals surface area contributed by atoms with Gasteiger partial charge in [-0.15, -0.1) is 0 Å². The number of unbranched alkanes of at least 4 members (excludes halogenated alkanes) is 1. The Labute approximate surface area is 101 Å². The molecular formula is C9H20BrNO3S. The lowest BCUT2D eigenvalue weighted by molar-refractivity contribution is 0.173. The van der Waals surface area contributed by atoms with Gasteiger partial charge in [0.2, 0.25) is 10.0 Å². The molecule has 0 aromatic rings. The second kappa shape index (κ2) is 8.50. The summed E-state index contributed by atoms with van der Waals surface area (Å²) in [7, 11) is -1.57. The highest BCUT2D eigenvalue weighted by molar-refractivity contribution is 9.09. The van der Waals surface area contributed by atoms with E-state index in [1.165, 1.54) is 0 Å². The van der Waals surface area contributed by atoms with E-state index in [4.69, 9.17) is 4.74 Å². The third-order valence-corrected chi connectivity index (χ3v) is 3.91. The van der Waals surface area contributed by atoms with Crippen LogP contribution in [0, 0.1) is 0 Å². The van der Waals surface area contributed by atoms with Crippen molar-refractivity contribution < 1.29 is 13.2 Å². The predicted molar refractivity (Wildman–Crippen MR) is 65.9 cm³/mol. The maximum Gasteiger partial charge on any atom is 0.211 e. The third kappa shape index (κ3) is 8.19. The zero-order valence-corrected chi connectivity index (χ0v) is 11.7. The van der Waals surface area contributed by atoms with Gasteiger partial charge in [0.05, 0.1) is 12.4 Å². The summed E-state index contributed by atoms with van der Waals surface area (Å²) < 4.78 is 30.7. The smallest absolute Gasteiger partial charge is 0.211 e. The Morgan fingerprint density at radius 1 is 1.47 bits per heavy atom. The normalized spacial score (nSPS) is 14.1. The van der Waals surface area contributed by atoms with Crippen LogP contribution in [0.5, 0.6) is 0 Å². The summed E-state index contributed by atoms with van der Waals surface area (Å²) in [6, 6.07) is -0.128. The second-order valence-electron chi connectivity index (χ2n) is 3.42. The number of nitrogens with one attached hydrogen (secondary N) is 1. The van der Waals surface area contributed by atoms with Crippen molar-refractivity contribution >= 4 is 26.0 Å². The highest BCUT2D eigenvalue weighted by atomic mass is 79.9. The van der Waals surface area contributed by atoms with Crippen molar-refractivity contribution in [2.24, 2.45) is 0 Å². The van der Waals surface area contributed by atoms with E-state index in [9.17, 15) is 8.42 Å². The fraction of sp³-hybridized carbons (Fsp3) is 1.00. The molecule has 1 atom stereocenters. The summed E-state index contributed by atoms with van der Waals surface area (Å²) in [5, 5.41) is 0.761. The topological polar surface area (TPSA) is 55.4 Å². The van der Waals surface area contributed by atoms with Crippen molar-refractivity contribution in [3.05, 3.63) is 0 Å². The van der Waals surface area contributed by atoms with Crippen molar-refractivity contribution in [3.8, 4) is 0 Å². The van der Waals surface area contributed by atoms with Crippen LogP contribution in [0.15, 0.2) is 0 Å². The monoisotopic (exact) mass is 301 g/mol. The molecule has 0 heterocycles. The van der Waals surface area contributed by atoms with E-state index < -0.39 is 10.0 Å². The average molecular weight is 302 g/mol. The lowest BCUT2D eigenvalue weighted by Gasteiger charge is -2.16. The van der Waals surface area contributed by atoms with Crippen LogP contribution < -0.4 is 4.72 Å². The van der Waals surface area contributed by atoms with Crippen molar-refractivity contribution in [1.29, 1.82) is 0 Å². The highest BCUT2D eigenvalue weighted by Crippen LogP contribution is 2.01. The molecule has 0 aliphatic rings. The fourth-order valence-corrected chi connectivity index (χ4v) is 3.19. The van der Waals surface area contributed by atoms with Crippen LogP contribution in [0.3, 0.4) is 0 Å². The van der Waals surface area contributed by atoms with Gasteiger partial charge >= 0.3 is 0 Å². The summed E-state index contributed by atoms with van der Waals surface area (Å²) in [6.45, 7) is 2.39. The average Bonchev–Trinajstić information content (AvgIpc) is 2.15. The van der Waals surface area contributed by atoms with Crippen LogP contribution >= 0.6 is 15.9 Å². The number of hydrogen-bond donors (Lipinski definition) is 1. The van der Waals surface area contributed by atoms with Gasteiger partial charge in [0.1, 0.15) is 0 Å². The van der Waals surface area contributed by atoms with E-state index in [1.54, 1.807) is 7.11 Å². The van der Waals surface area contributed by atoms with Gasteiger partial charge in [0.15, 0.2) is 0 Å². The molecule has 6 heteroatoms. The Balaban J connectivity index is 4.12. The largest absolute Gasteiger partial charge is 0.383 e. The Bertz CT molecular complexity index is 238. The molecule has 1 N–H and O–H groups in total. The minimum atomic E-state index is -3.14. The quantitative estimate of drug-likeness (QED) is 0.657. The fourth-order valence-electron chi connectivity index (χ4n) is 1.16. The van der Waals surface area contributed by atoms with Crippen LogP contribution in [0.25, 0.3) is 0 Å². The molecule has 0 amide bonds. The molecule has 0 spiro atoms. The Morgan fingerprint density at radius 2 is 2.13 bits per heavy atom. The number of rotatable bonds is 9. The number of methoxy groups -OCH3 is 1. The Kier molecular flexibility index (Phi) is 8.69. The van der Waals surface area contributed by atoms with Crippen LogP contribution in [0.1, 0.15) is 26.2 Å². The van der Waals surface area contributed by atoms with Gasteiger partial charge in [0, 0.05) is 18.5 Å². The standard InChI is InChI=1S/C9H20BrNO3S/c1-3-4-7-15(12,13)11-9(5-6-10)8-14-2/h9,11H,3-8H2,1-2H3. The Morgan fingerprint density at radius 3 is 2.60 bits per heavy atom. The predicted octanol–water partition coefficient (Wildman–Crippen LogP) is 1.51. The Hall–Kier alpha value is 0.350. The first-order valence-corrected chi connectivity index (χ1v) is 7.88. The molecule has 0 bridgehead atoms. The van der Waals surface area contributed by atoms with Crippen LogP contribution in [0.4, 0.5) is 0 Å². The maximum absolute atomic E-state index is 11.6. The molecule has 15 heavy (non-hydrogen) atoms. The lowest BCUT2D eigenvalue weighted by atomic mass is 10.3. The van der Waals surface area contributed by atoms with E-state index in [0.717, 1.165) is 18.2 Å². The molecule has 0 saturated carbocycles. The SMILES string of the molecule is CCCCS(=O)(=O)NC(CCBr)COC. The number of ether oxygens (including phenoxy) is 1. The molecule has 1 unspecified atom stereocenters. The third-order valence-electron chi connectivity index (χ3n) is 1.94. The second-order valence-corrected chi connectivity index (χ2v) is 6.09. The van der Waals surface area contributed by atoms with Gasteiger partial charge in [-0.25, -0.2) is 13.1 Å². The zero-order chi connectivity index (χ0) is 11.7. The van der Waals surface area contributed by atoms with E-state index in [-0.39, 0.29) is 11.8 Å². The van der Waals surface area contributed by atoms with Crippen molar-refractivity contribution in [1.82, 2.24) is 4.72 Å². The molecule has 0 rings (SSSR count). The van der Waals surface area contributed by atoms with Crippen LogP contribution in [-0.4, -0.2) is 39.3 Å². The number of halogens is 1. The van der Waals surface area contributed by atoms with E-state index in [1.807, 2.05) is 6.92 Å². The van der Waals surface area contributed by atoms with Gasteiger partial charge < -0.3 is 4.74 Å². The molecule has 0 aromatic carbocycles. The zero-order valence-electron chi connectivity index (χ0n) is 9.33. The first kappa shape index (κ1) is 15.3. The minimum absolute atomic E-state index is 0.128. The molecule has 0 aromatic heterocycles. The summed E-state index contributed by atoms with van der Waals surface area (Å²) in [5.74, 6) is 0.200. The van der Waals surface area contributed by atoms with Crippen molar-refractivity contribution in [2.75, 3.05) is 24.8 Å². The summed E-state index contributed by atoms with van der Waals surface area (Å²) in [6.07, 6.45) is 2.32. The summed E-state index contributed by atoms with van der Waals surface area (Å²) in [4.78, 5) is 0. The number of alkyl halides is 1. The molecule has 0 aliphatic carbocycles. The lowest BCUT2D eigenvalue weighted by Crippen LogP contribution is -2.39. The minimum Gasteiger partial charge on any atom is -0.383 e.